The Morgan fingerprint density at radius 1 is 1.35 bits per heavy atom. The zero-order valence-corrected chi connectivity index (χ0v) is 14.4. The van der Waals surface area contributed by atoms with Crippen LogP contribution >= 0.6 is 0 Å². The quantitative estimate of drug-likeness (QED) is 0.268. The Morgan fingerprint density at radius 3 is 2.65 bits per heavy atom. The van der Waals surface area contributed by atoms with Crippen molar-refractivity contribution in [3.63, 3.8) is 0 Å². The van der Waals surface area contributed by atoms with Crippen molar-refractivity contribution in [2.24, 2.45) is 0 Å². The summed E-state index contributed by atoms with van der Waals surface area (Å²) in [5, 5.41) is 16.2. The van der Waals surface area contributed by atoms with Gasteiger partial charge >= 0.3 is 5.97 Å². The van der Waals surface area contributed by atoms with Crippen LogP contribution < -0.4 is 4.74 Å². The number of ether oxygens (including phenoxy) is 3. The Balaban J connectivity index is 0.000000238. The third-order valence-electron chi connectivity index (χ3n) is 3.44. The highest BCUT2D eigenvalue weighted by Gasteiger charge is 2.43. The van der Waals surface area contributed by atoms with Crippen LogP contribution in [0.15, 0.2) is 24.3 Å². The SMILES string of the molecule is CC(=O)Oc1ccccc1C=O.CO.O=[N+]([O-])OC1CO[C@@H]2CCO[C@H]12. The molecule has 26 heavy (non-hydrogen) atoms. The summed E-state index contributed by atoms with van der Waals surface area (Å²) < 4.78 is 15.2. The molecule has 0 amide bonds. The van der Waals surface area contributed by atoms with E-state index in [4.69, 9.17) is 19.3 Å². The van der Waals surface area contributed by atoms with Gasteiger partial charge in [-0.05, 0) is 18.6 Å². The molecule has 3 atom stereocenters. The smallest absolute Gasteiger partial charge is 0.308 e. The molecule has 2 fully saturated rings. The summed E-state index contributed by atoms with van der Waals surface area (Å²) in [5.74, 6) is -0.121. The highest BCUT2D eigenvalue weighted by Crippen LogP contribution is 2.28. The number of hydrogen-bond donors (Lipinski definition) is 1. The number of esters is 1. The number of benzene rings is 1. The van der Waals surface area contributed by atoms with Gasteiger partial charge in [0, 0.05) is 20.6 Å². The largest absolute Gasteiger partial charge is 0.426 e. The molecule has 144 valence electrons. The van der Waals surface area contributed by atoms with Crippen LogP contribution in [0, 0.1) is 10.1 Å². The zero-order valence-electron chi connectivity index (χ0n) is 14.4. The van der Waals surface area contributed by atoms with Crippen LogP contribution in [0.4, 0.5) is 0 Å². The number of rotatable bonds is 4. The fraction of sp³-hybridized carbons (Fsp3) is 0.500. The minimum Gasteiger partial charge on any atom is -0.426 e. The molecule has 3 rings (SSSR count). The lowest BCUT2D eigenvalue weighted by atomic mass is 10.1. The van der Waals surface area contributed by atoms with Gasteiger partial charge < -0.3 is 24.2 Å². The maximum Gasteiger partial charge on any atom is 0.308 e. The standard InChI is InChI=1S/C9H8O3.C6H9NO5.CH4O/c1-7(11)12-9-5-3-2-4-8(9)6-10;8-7(9)12-5-3-11-4-1-2-10-6(4)5;1-2/h2-6H,1H3;4-6H,1-3H2;2H,1H3/t;4-,5?,6+;/m.1./s1. The Hall–Kier alpha value is -2.56. The molecule has 10 heteroatoms. The molecule has 2 heterocycles. The number of aliphatic hydroxyl groups is 1. The highest BCUT2D eigenvalue weighted by atomic mass is 17.0. The van der Waals surface area contributed by atoms with Gasteiger partial charge in [-0.25, -0.2) is 0 Å². The maximum absolute atomic E-state index is 10.5. The van der Waals surface area contributed by atoms with Gasteiger partial charge in [0.2, 0.25) is 0 Å². The van der Waals surface area contributed by atoms with E-state index in [-0.39, 0.29) is 18.8 Å². The van der Waals surface area contributed by atoms with Crippen molar-refractivity contribution in [2.45, 2.75) is 31.7 Å². The van der Waals surface area contributed by atoms with Crippen LogP contribution in [0.3, 0.4) is 0 Å². The first kappa shape index (κ1) is 21.5. The maximum atomic E-state index is 10.5. The third-order valence-corrected chi connectivity index (χ3v) is 3.44. The molecular formula is C16H21NO9. The number of nitrogens with zero attached hydrogens (tertiary/aromatic N) is 1. The van der Waals surface area contributed by atoms with E-state index in [0.29, 0.717) is 24.2 Å². The van der Waals surface area contributed by atoms with E-state index in [0.717, 1.165) is 13.5 Å². The molecule has 0 radical (unpaired) electrons. The minimum absolute atomic E-state index is 0.00468. The molecule has 1 unspecified atom stereocenters. The van der Waals surface area contributed by atoms with Gasteiger partial charge in [0.05, 0.1) is 18.3 Å². The summed E-state index contributed by atoms with van der Waals surface area (Å²) in [7, 11) is 1.00. The molecule has 1 aromatic rings. The Morgan fingerprint density at radius 2 is 2.04 bits per heavy atom. The minimum atomic E-state index is -0.794. The second kappa shape index (κ2) is 11.1. The van der Waals surface area contributed by atoms with E-state index in [2.05, 4.69) is 4.84 Å². The van der Waals surface area contributed by atoms with Crippen molar-refractivity contribution in [2.75, 3.05) is 20.3 Å². The molecule has 0 spiro atoms. The van der Waals surface area contributed by atoms with Gasteiger partial charge in [0.1, 0.15) is 11.9 Å². The summed E-state index contributed by atoms with van der Waals surface area (Å²) in [5.41, 5.74) is 0.382. The van der Waals surface area contributed by atoms with Crippen LogP contribution in [0.2, 0.25) is 0 Å². The van der Waals surface area contributed by atoms with Crippen LogP contribution in [-0.2, 0) is 19.1 Å². The Labute approximate surface area is 149 Å². The monoisotopic (exact) mass is 371 g/mol. The predicted octanol–water partition coefficient (Wildman–Crippen LogP) is 0.784. The lowest BCUT2D eigenvalue weighted by Crippen LogP contribution is -2.31. The third kappa shape index (κ3) is 6.39. The van der Waals surface area contributed by atoms with Gasteiger partial charge in [-0.3, -0.25) is 9.59 Å². The van der Waals surface area contributed by atoms with Gasteiger partial charge in [0.15, 0.2) is 12.4 Å². The van der Waals surface area contributed by atoms with Crippen molar-refractivity contribution in [3.8, 4) is 5.75 Å². The van der Waals surface area contributed by atoms with Crippen LogP contribution in [0.1, 0.15) is 23.7 Å². The van der Waals surface area contributed by atoms with E-state index in [9.17, 15) is 19.7 Å². The molecule has 2 aliphatic rings. The number of para-hydroxylation sites is 1. The van der Waals surface area contributed by atoms with E-state index in [1.54, 1.807) is 24.3 Å². The van der Waals surface area contributed by atoms with Gasteiger partial charge in [-0.15, -0.1) is 10.1 Å². The molecule has 1 aromatic carbocycles. The van der Waals surface area contributed by atoms with E-state index in [1.807, 2.05) is 0 Å². The molecule has 0 aromatic heterocycles. The lowest BCUT2D eigenvalue weighted by molar-refractivity contribution is -0.769. The number of aldehydes is 1. The summed E-state index contributed by atoms with van der Waals surface area (Å²) in [6, 6.07) is 6.57. The second-order valence-electron chi connectivity index (χ2n) is 5.11. The fourth-order valence-electron chi connectivity index (χ4n) is 2.46. The first-order valence-corrected chi connectivity index (χ1v) is 7.73. The molecule has 0 aliphatic carbocycles. The molecule has 0 saturated carbocycles. The van der Waals surface area contributed by atoms with E-state index < -0.39 is 17.2 Å². The summed E-state index contributed by atoms with van der Waals surface area (Å²) in [4.78, 5) is 35.4. The summed E-state index contributed by atoms with van der Waals surface area (Å²) in [6.45, 7) is 2.16. The van der Waals surface area contributed by atoms with Crippen molar-refractivity contribution < 1.29 is 38.8 Å². The summed E-state index contributed by atoms with van der Waals surface area (Å²) in [6.07, 6.45) is 0.679. The van der Waals surface area contributed by atoms with Crippen LogP contribution in [0.25, 0.3) is 0 Å². The molecular weight excluding hydrogens is 350 g/mol. The molecule has 10 nitrogen and oxygen atoms in total. The van der Waals surface area contributed by atoms with Crippen LogP contribution in [-0.4, -0.2) is 61.1 Å². The number of carbonyl (C=O) groups is 2. The van der Waals surface area contributed by atoms with Crippen molar-refractivity contribution in [1.82, 2.24) is 0 Å². The molecule has 1 N–H and O–H groups in total. The number of aliphatic hydroxyl groups excluding tert-OH is 1. The number of hydrogen-bond acceptors (Lipinski definition) is 9. The first-order chi connectivity index (χ1) is 12.5. The second-order valence-corrected chi connectivity index (χ2v) is 5.11. The molecule has 0 bridgehead atoms. The van der Waals surface area contributed by atoms with Crippen molar-refractivity contribution >= 4 is 12.3 Å². The van der Waals surface area contributed by atoms with Crippen LogP contribution in [0.5, 0.6) is 5.75 Å². The Kier molecular flexibility index (Phi) is 9.20. The van der Waals surface area contributed by atoms with E-state index >= 15 is 0 Å². The summed E-state index contributed by atoms with van der Waals surface area (Å²) >= 11 is 0. The normalized spacial score (nSPS) is 22.7. The number of fused-ring (bicyclic) bond motifs is 1. The average Bonchev–Trinajstić information content (AvgIpc) is 3.22. The lowest BCUT2D eigenvalue weighted by Gasteiger charge is -2.12. The van der Waals surface area contributed by atoms with Crippen molar-refractivity contribution in [1.29, 1.82) is 0 Å². The first-order valence-electron chi connectivity index (χ1n) is 7.73. The number of carbonyl (C=O) groups excluding carboxylic acids is 2. The molecule has 2 saturated heterocycles. The zero-order chi connectivity index (χ0) is 19.5. The predicted molar refractivity (Wildman–Crippen MR) is 87.2 cm³/mol. The van der Waals surface area contributed by atoms with Gasteiger partial charge in [-0.1, -0.05) is 12.1 Å². The van der Waals surface area contributed by atoms with Gasteiger partial charge in [0.25, 0.3) is 5.09 Å². The topological polar surface area (TPSA) is 134 Å². The van der Waals surface area contributed by atoms with Crippen molar-refractivity contribution in [3.05, 3.63) is 39.9 Å². The van der Waals surface area contributed by atoms with E-state index in [1.165, 1.54) is 6.92 Å². The highest BCUT2D eigenvalue weighted by molar-refractivity contribution is 5.81. The average molecular weight is 371 g/mol. The van der Waals surface area contributed by atoms with Gasteiger partial charge in [-0.2, -0.15) is 0 Å². The molecule has 2 aliphatic heterocycles. The Bertz CT molecular complexity index is 607. The fourth-order valence-corrected chi connectivity index (χ4v) is 2.46.